The van der Waals surface area contributed by atoms with Crippen molar-refractivity contribution in [2.45, 2.75) is 44.7 Å². The van der Waals surface area contributed by atoms with Crippen LogP contribution in [0.5, 0.6) is 5.75 Å². The highest BCUT2D eigenvalue weighted by Crippen LogP contribution is 2.29. The molecule has 2 N–H and O–H groups in total. The molecular weight excluding hydrogens is 414 g/mol. The van der Waals surface area contributed by atoms with Crippen LogP contribution >= 0.6 is 11.6 Å². The van der Waals surface area contributed by atoms with Crippen LogP contribution in [-0.4, -0.2) is 48.7 Å². The van der Waals surface area contributed by atoms with Crippen molar-refractivity contribution in [3.05, 3.63) is 46.2 Å². The van der Waals surface area contributed by atoms with Crippen molar-refractivity contribution in [1.82, 2.24) is 15.3 Å². The standard InChI is InChI=1S/C23H28ClN5O2/c1-14-25-21(12-22(26-14)29(2)3)27-18-5-7-19(8-6-18)28-23(30)16-10-15-11-17(24)4-9-20(15)31-13-16/h4,9-12,18-19H,5-8,13H2,1-3H3,(H,28,30)(H,25,26,27). The molecule has 1 aromatic heterocycles. The Balaban J connectivity index is 1.31. The van der Waals surface area contributed by atoms with Gasteiger partial charge >= 0.3 is 0 Å². The summed E-state index contributed by atoms with van der Waals surface area (Å²) >= 11 is 6.06. The first-order valence-corrected chi connectivity index (χ1v) is 11.0. The lowest BCUT2D eigenvalue weighted by molar-refractivity contribution is -0.118. The van der Waals surface area contributed by atoms with Crippen molar-refractivity contribution in [3.63, 3.8) is 0 Å². The molecule has 2 aromatic rings. The highest BCUT2D eigenvalue weighted by atomic mass is 35.5. The fourth-order valence-corrected chi connectivity index (χ4v) is 4.18. The van der Waals surface area contributed by atoms with E-state index in [1.165, 1.54) is 0 Å². The van der Waals surface area contributed by atoms with Gasteiger partial charge in [0.2, 0.25) is 0 Å². The first-order valence-electron chi connectivity index (χ1n) is 10.6. The van der Waals surface area contributed by atoms with Crippen molar-refractivity contribution >= 4 is 35.2 Å². The average molecular weight is 442 g/mol. The number of carbonyl (C=O) groups excluding carboxylic acids is 1. The van der Waals surface area contributed by atoms with Crippen molar-refractivity contribution < 1.29 is 9.53 Å². The molecule has 1 saturated carbocycles. The number of nitrogens with one attached hydrogen (secondary N) is 2. The quantitative estimate of drug-likeness (QED) is 0.734. The molecule has 1 aromatic carbocycles. The topological polar surface area (TPSA) is 79.4 Å². The first-order chi connectivity index (χ1) is 14.9. The summed E-state index contributed by atoms with van der Waals surface area (Å²) in [5, 5.41) is 7.33. The minimum Gasteiger partial charge on any atom is -0.488 e. The zero-order valence-corrected chi connectivity index (χ0v) is 18.9. The summed E-state index contributed by atoms with van der Waals surface area (Å²) < 4.78 is 5.71. The summed E-state index contributed by atoms with van der Waals surface area (Å²) in [6, 6.07) is 7.91. The number of ether oxygens (including phenoxy) is 1. The van der Waals surface area contributed by atoms with Gasteiger partial charge in [0.25, 0.3) is 5.91 Å². The van der Waals surface area contributed by atoms with Crippen LogP contribution in [0.25, 0.3) is 6.08 Å². The van der Waals surface area contributed by atoms with E-state index in [0.29, 0.717) is 16.6 Å². The van der Waals surface area contributed by atoms with Gasteiger partial charge in [-0.3, -0.25) is 4.79 Å². The number of anilines is 2. The normalized spacial score (nSPS) is 20.2. The SMILES string of the molecule is Cc1nc(NC2CCC(NC(=O)C3=Cc4cc(Cl)ccc4OC3)CC2)cc(N(C)C)n1. The number of nitrogens with zero attached hydrogens (tertiary/aromatic N) is 3. The molecule has 164 valence electrons. The third kappa shape index (κ3) is 5.28. The number of halogens is 1. The van der Waals surface area contributed by atoms with Gasteiger partial charge in [0.15, 0.2) is 0 Å². The van der Waals surface area contributed by atoms with Gasteiger partial charge < -0.3 is 20.3 Å². The molecule has 0 unspecified atom stereocenters. The van der Waals surface area contributed by atoms with Gasteiger partial charge in [-0.25, -0.2) is 9.97 Å². The molecule has 31 heavy (non-hydrogen) atoms. The van der Waals surface area contributed by atoms with E-state index >= 15 is 0 Å². The van der Waals surface area contributed by atoms with Crippen LogP contribution in [-0.2, 0) is 4.79 Å². The van der Waals surface area contributed by atoms with E-state index in [1.807, 2.05) is 50.2 Å². The first kappa shape index (κ1) is 21.4. The van der Waals surface area contributed by atoms with Gasteiger partial charge in [0, 0.05) is 42.8 Å². The molecule has 0 saturated heterocycles. The Bertz CT molecular complexity index is 999. The van der Waals surface area contributed by atoms with E-state index in [1.54, 1.807) is 6.07 Å². The molecule has 2 aliphatic rings. The number of benzene rings is 1. The maximum absolute atomic E-state index is 12.7. The monoisotopic (exact) mass is 441 g/mol. The number of hydrogen-bond acceptors (Lipinski definition) is 6. The fraction of sp³-hybridized carbons (Fsp3) is 0.435. The van der Waals surface area contributed by atoms with Crippen LogP contribution in [0, 0.1) is 6.92 Å². The van der Waals surface area contributed by atoms with Gasteiger partial charge in [0.1, 0.15) is 29.8 Å². The van der Waals surface area contributed by atoms with E-state index in [9.17, 15) is 4.79 Å². The average Bonchev–Trinajstić information content (AvgIpc) is 2.74. The van der Waals surface area contributed by atoms with Gasteiger partial charge in [-0.2, -0.15) is 0 Å². The molecule has 4 rings (SSSR count). The van der Waals surface area contributed by atoms with Gasteiger partial charge in [-0.15, -0.1) is 0 Å². The van der Waals surface area contributed by atoms with Crippen molar-refractivity contribution in [1.29, 1.82) is 0 Å². The van der Waals surface area contributed by atoms with Crippen LogP contribution < -0.4 is 20.3 Å². The summed E-state index contributed by atoms with van der Waals surface area (Å²) in [7, 11) is 3.94. The fourth-order valence-electron chi connectivity index (χ4n) is 4.00. The van der Waals surface area contributed by atoms with E-state index < -0.39 is 0 Å². The van der Waals surface area contributed by atoms with Crippen molar-refractivity contribution in [3.8, 4) is 5.75 Å². The van der Waals surface area contributed by atoms with Gasteiger partial charge in [0.05, 0.1) is 5.57 Å². The number of hydrogen-bond donors (Lipinski definition) is 2. The molecule has 2 heterocycles. The lowest BCUT2D eigenvalue weighted by Crippen LogP contribution is -2.41. The highest BCUT2D eigenvalue weighted by molar-refractivity contribution is 6.30. The molecule has 1 aliphatic carbocycles. The second-order valence-electron chi connectivity index (χ2n) is 8.36. The molecule has 0 radical (unpaired) electrons. The van der Waals surface area contributed by atoms with Crippen LogP contribution in [0.1, 0.15) is 37.1 Å². The summed E-state index contributed by atoms with van der Waals surface area (Å²) in [6.45, 7) is 2.18. The van der Waals surface area contributed by atoms with Crippen LogP contribution in [0.2, 0.25) is 5.02 Å². The minimum atomic E-state index is -0.0657. The molecule has 0 spiro atoms. The predicted octanol–water partition coefficient (Wildman–Crippen LogP) is 3.82. The Morgan fingerprint density at radius 3 is 2.61 bits per heavy atom. The molecule has 7 nitrogen and oxygen atoms in total. The summed E-state index contributed by atoms with van der Waals surface area (Å²) in [6.07, 6.45) is 5.65. The van der Waals surface area contributed by atoms with Crippen LogP contribution in [0.15, 0.2) is 29.8 Å². The van der Waals surface area contributed by atoms with Crippen LogP contribution in [0.4, 0.5) is 11.6 Å². The summed E-state index contributed by atoms with van der Waals surface area (Å²) in [4.78, 5) is 23.7. The Kier molecular flexibility index (Phi) is 6.32. The number of rotatable bonds is 5. The Morgan fingerprint density at radius 2 is 1.87 bits per heavy atom. The largest absolute Gasteiger partial charge is 0.488 e. The Morgan fingerprint density at radius 1 is 1.13 bits per heavy atom. The maximum Gasteiger partial charge on any atom is 0.250 e. The van der Waals surface area contributed by atoms with E-state index in [2.05, 4.69) is 20.6 Å². The van der Waals surface area contributed by atoms with E-state index in [0.717, 1.165) is 54.5 Å². The van der Waals surface area contributed by atoms with Crippen LogP contribution in [0.3, 0.4) is 0 Å². The molecule has 8 heteroatoms. The second kappa shape index (κ2) is 9.14. The zero-order valence-electron chi connectivity index (χ0n) is 18.1. The number of fused-ring (bicyclic) bond motifs is 1. The molecule has 1 aliphatic heterocycles. The lowest BCUT2D eigenvalue weighted by Gasteiger charge is -2.30. The maximum atomic E-state index is 12.7. The second-order valence-corrected chi connectivity index (χ2v) is 8.80. The molecule has 0 atom stereocenters. The molecule has 1 fully saturated rings. The van der Waals surface area contributed by atoms with Gasteiger partial charge in [-0.1, -0.05) is 11.6 Å². The molecular formula is C23H28ClN5O2. The van der Waals surface area contributed by atoms with Gasteiger partial charge in [-0.05, 0) is 56.9 Å². The molecule has 0 bridgehead atoms. The minimum absolute atomic E-state index is 0.0657. The lowest BCUT2D eigenvalue weighted by atomic mass is 9.91. The number of amides is 1. The summed E-state index contributed by atoms with van der Waals surface area (Å²) in [5.41, 5.74) is 1.47. The van der Waals surface area contributed by atoms with E-state index in [-0.39, 0.29) is 18.6 Å². The smallest absolute Gasteiger partial charge is 0.250 e. The zero-order chi connectivity index (χ0) is 22.0. The Hall–Kier alpha value is -2.80. The number of aromatic nitrogens is 2. The predicted molar refractivity (Wildman–Crippen MR) is 124 cm³/mol. The number of aryl methyl sites for hydroxylation is 1. The van der Waals surface area contributed by atoms with Crippen molar-refractivity contribution in [2.24, 2.45) is 0 Å². The Labute approximate surface area is 187 Å². The van der Waals surface area contributed by atoms with E-state index in [4.69, 9.17) is 16.3 Å². The number of carbonyl (C=O) groups is 1. The molecule has 1 amide bonds. The third-order valence-corrected chi connectivity index (χ3v) is 5.91. The van der Waals surface area contributed by atoms with Crippen molar-refractivity contribution in [2.75, 3.05) is 30.9 Å². The third-order valence-electron chi connectivity index (χ3n) is 5.67. The summed E-state index contributed by atoms with van der Waals surface area (Å²) in [5.74, 6) is 3.18. The highest BCUT2D eigenvalue weighted by Gasteiger charge is 2.25.